The summed E-state index contributed by atoms with van der Waals surface area (Å²) in [5.41, 5.74) is 5.79. The van der Waals surface area contributed by atoms with Crippen molar-refractivity contribution >= 4 is 18.2 Å². The highest BCUT2D eigenvalue weighted by Crippen LogP contribution is 2.28. The fourth-order valence-electron chi connectivity index (χ4n) is 4.07. The molecule has 0 heterocycles. The lowest BCUT2D eigenvalue weighted by molar-refractivity contribution is 0.192. The Hall–Kier alpha value is -2.52. The van der Waals surface area contributed by atoms with Crippen molar-refractivity contribution in [3.63, 3.8) is 0 Å². The van der Waals surface area contributed by atoms with Crippen LogP contribution in [0.15, 0.2) is 36.4 Å². The van der Waals surface area contributed by atoms with E-state index in [0.717, 1.165) is 42.3 Å². The number of rotatable bonds is 16. The first-order chi connectivity index (χ1) is 16.6. The van der Waals surface area contributed by atoms with Gasteiger partial charge in [-0.25, -0.2) is 0 Å². The Bertz CT molecular complexity index is 911. The minimum atomic E-state index is 0.763. The molecule has 3 nitrogen and oxygen atoms in total. The van der Waals surface area contributed by atoms with Gasteiger partial charge in [0.2, 0.25) is 0 Å². The summed E-state index contributed by atoms with van der Waals surface area (Å²) in [7, 11) is 3.50. The topological polar surface area (TPSA) is 27.7 Å². The van der Waals surface area contributed by atoms with E-state index in [2.05, 4.69) is 68.5 Å². The molecule has 0 aliphatic carbocycles. The van der Waals surface area contributed by atoms with Crippen LogP contribution in [-0.4, -0.2) is 27.4 Å². The first-order valence-electron chi connectivity index (χ1n) is 12.8. The van der Waals surface area contributed by atoms with Gasteiger partial charge in [-0.3, -0.25) is 0 Å². The second-order valence-electron chi connectivity index (χ2n) is 9.00. The fraction of sp³-hybridized carbons (Fsp3) is 0.484. The van der Waals surface area contributed by atoms with Crippen LogP contribution in [-0.2, 0) is 4.74 Å². The summed E-state index contributed by atoms with van der Waals surface area (Å²) < 4.78 is 17.0. The molecule has 0 fully saturated rings. The maximum absolute atomic E-state index is 6.20. The predicted octanol–water partition coefficient (Wildman–Crippen LogP) is 8.66. The molecule has 0 aliphatic heterocycles. The third-order valence-electron chi connectivity index (χ3n) is 6.08. The molecule has 0 aromatic heterocycles. The van der Waals surface area contributed by atoms with Gasteiger partial charge in [0.05, 0.1) is 13.7 Å². The van der Waals surface area contributed by atoms with Crippen LogP contribution in [0.25, 0.3) is 18.2 Å². The molecule has 2 aromatic carbocycles. The molecule has 0 atom stereocenters. The quantitative estimate of drug-likeness (QED) is 0.184. The fourth-order valence-corrected chi connectivity index (χ4v) is 4.07. The van der Waals surface area contributed by atoms with E-state index in [4.69, 9.17) is 14.2 Å². The Labute approximate surface area is 207 Å². The lowest BCUT2D eigenvalue weighted by atomic mass is 10.0. The molecule has 0 radical (unpaired) electrons. The van der Waals surface area contributed by atoms with Crippen molar-refractivity contribution < 1.29 is 14.2 Å². The average Bonchev–Trinajstić information content (AvgIpc) is 2.83. The van der Waals surface area contributed by atoms with E-state index in [9.17, 15) is 0 Å². The molecule has 186 valence electrons. The second kappa shape index (κ2) is 16.2. The van der Waals surface area contributed by atoms with E-state index in [0.29, 0.717) is 0 Å². The van der Waals surface area contributed by atoms with Gasteiger partial charge in [-0.05, 0) is 68.5 Å². The van der Waals surface area contributed by atoms with E-state index < -0.39 is 0 Å². The zero-order valence-corrected chi connectivity index (χ0v) is 22.0. The number of methoxy groups -OCH3 is 2. The molecule has 0 amide bonds. The standard InChI is InChI=1S/C31H44O3/c1-6-15-28-24-30(33-5)29(23-26(28)3)19-18-27-17-16-25(2)22-31(27)34-21-14-12-10-8-7-9-11-13-20-32-4/h6,15-19,22-24H,7-14,20-21H2,1-5H3/b15-6+,19-18+. The van der Waals surface area contributed by atoms with Gasteiger partial charge in [0.1, 0.15) is 11.5 Å². The largest absolute Gasteiger partial charge is 0.496 e. The summed E-state index contributed by atoms with van der Waals surface area (Å²) in [6.45, 7) is 7.93. The Morgan fingerprint density at radius 2 is 1.29 bits per heavy atom. The van der Waals surface area contributed by atoms with Crippen LogP contribution in [0.4, 0.5) is 0 Å². The average molecular weight is 465 g/mol. The lowest BCUT2D eigenvalue weighted by Crippen LogP contribution is -1.99. The summed E-state index contributed by atoms with van der Waals surface area (Å²) in [6.07, 6.45) is 18.5. The summed E-state index contributed by atoms with van der Waals surface area (Å²) >= 11 is 0. The van der Waals surface area contributed by atoms with Crippen molar-refractivity contribution in [3.8, 4) is 11.5 Å². The second-order valence-corrected chi connectivity index (χ2v) is 9.00. The Kier molecular flexibility index (Phi) is 13.2. The minimum Gasteiger partial charge on any atom is -0.496 e. The van der Waals surface area contributed by atoms with Gasteiger partial charge in [0.15, 0.2) is 0 Å². The highest BCUT2D eigenvalue weighted by atomic mass is 16.5. The highest BCUT2D eigenvalue weighted by Gasteiger charge is 2.06. The molecule has 2 aromatic rings. The summed E-state index contributed by atoms with van der Waals surface area (Å²) in [4.78, 5) is 0. The third-order valence-corrected chi connectivity index (χ3v) is 6.08. The van der Waals surface area contributed by atoms with E-state index in [1.54, 1.807) is 14.2 Å². The van der Waals surface area contributed by atoms with Gasteiger partial charge in [0.25, 0.3) is 0 Å². The number of ether oxygens (including phenoxy) is 3. The van der Waals surface area contributed by atoms with Gasteiger partial charge in [-0.1, -0.05) is 75.0 Å². The van der Waals surface area contributed by atoms with Crippen LogP contribution in [0, 0.1) is 13.8 Å². The zero-order valence-electron chi connectivity index (χ0n) is 22.0. The Morgan fingerprint density at radius 1 is 0.647 bits per heavy atom. The van der Waals surface area contributed by atoms with Crippen LogP contribution in [0.3, 0.4) is 0 Å². The number of aryl methyl sites for hydroxylation is 2. The van der Waals surface area contributed by atoms with Crippen LogP contribution >= 0.6 is 0 Å². The monoisotopic (exact) mass is 464 g/mol. The Morgan fingerprint density at radius 3 is 1.94 bits per heavy atom. The molecular weight excluding hydrogens is 420 g/mol. The molecule has 34 heavy (non-hydrogen) atoms. The zero-order chi connectivity index (χ0) is 24.6. The number of hydrogen-bond donors (Lipinski definition) is 0. The lowest BCUT2D eigenvalue weighted by Gasteiger charge is -2.12. The maximum atomic E-state index is 6.20. The van der Waals surface area contributed by atoms with Crippen LogP contribution < -0.4 is 9.47 Å². The van der Waals surface area contributed by atoms with E-state index in [-0.39, 0.29) is 0 Å². The van der Waals surface area contributed by atoms with Crippen molar-refractivity contribution in [2.75, 3.05) is 27.4 Å². The van der Waals surface area contributed by atoms with Crippen molar-refractivity contribution in [1.82, 2.24) is 0 Å². The Balaban J connectivity index is 1.89. The molecule has 3 heteroatoms. The van der Waals surface area contributed by atoms with E-state index in [1.807, 2.05) is 6.92 Å². The summed E-state index contributed by atoms with van der Waals surface area (Å²) in [5.74, 6) is 1.83. The molecule has 0 bridgehead atoms. The number of hydrogen-bond acceptors (Lipinski definition) is 3. The van der Waals surface area contributed by atoms with Crippen LogP contribution in [0.5, 0.6) is 11.5 Å². The van der Waals surface area contributed by atoms with Crippen LogP contribution in [0.2, 0.25) is 0 Å². The molecule has 0 unspecified atom stereocenters. The van der Waals surface area contributed by atoms with E-state index >= 15 is 0 Å². The number of allylic oxidation sites excluding steroid dienone is 1. The van der Waals surface area contributed by atoms with Gasteiger partial charge in [-0.2, -0.15) is 0 Å². The molecule has 0 N–H and O–H groups in total. The van der Waals surface area contributed by atoms with Gasteiger partial charge in [-0.15, -0.1) is 0 Å². The minimum absolute atomic E-state index is 0.763. The third kappa shape index (κ3) is 9.77. The number of unbranched alkanes of at least 4 members (excludes halogenated alkanes) is 7. The normalized spacial score (nSPS) is 11.6. The molecule has 0 saturated carbocycles. The number of benzene rings is 2. The van der Waals surface area contributed by atoms with Crippen molar-refractivity contribution in [2.45, 2.75) is 72.1 Å². The molecule has 0 spiro atoms. The smallest absolute Gasteiger partial charge is 0.126 e. The van der Waals surface area contributed by atoms with Crippen LogP contribution in [0.1, 0.15) is 86.1 Å². The summed E-state index contributed by atoms with van der Waals surface area (Å²) in [6, 6.07) is 10.7. The molecule has 0 saturated heterocycles. The van der Waals surface area contributed by atoms with Gasteiger partial charge >= 0.3 is 0 Å². The van der Waals surface area contributed by atoms with Gasteiger partial charge < -0.3 is 14.2 Å². The van der Waals surface area contributed by atoms with Crippen molar-refractivity contribution in [2.24, 2.45) is 0 Å². The molecular formula is C31H44O3. The predicted molar refractivity (Wildman–Crippen MR) is 147 cm³/mol. The highest BCUT2D eigenvalue weighted by molar-refractivity contribution is 5.76. The molecule has 0 aliphatic rings. The summed E-state index contributed by atoms with van der Waals surface area (Å²) in [5, 5.41) is 0. The SMILES string of the molecule is C/C=C/c1cc(OC)c(/C=C/c2ccc(C)cc2OCCCCCCCCCCOC)cc1C. The maximum Gasteiger partial charge on any atom is 0.126 e. The first kappa shape index (κ1) is 27.7. The van der Waals surface area contributed by atoms with E-state index in [1.165, 1.54) is 61.6 Å². The van der Waals surface area contributed by atoms with Crippen molar-refractivity contribution in [1.29, 1.82) is 0 Å². The van der Waals surface area contributed by atoms with Gasteiger partial charge in [0, 0.05) is 24.8 Å². The van der Waals surface area contributed by atoms with Crippen molar-refractivity contribution in [3.05, 3.63) is 64.2 Å². The molecule has 2 rings (SSSR count). The first-order valence-corrected chi connectivity index (χ1v) is 12.8.